The monoisotopic (exact) mass is 389 g/mol. The predicted octanol–water partition coefficient (Wildman–Crippen LogP) is 3.12. The maximum absolute atomic E-state index is 13.7. The van der Waals surface area contributed by atoms with E-state index in [0.29, 0.717) is 13.2 Å². The van der Waals surface area contributed by atoms with Gasteiger partial charge in [0.2, 0.25) is 5.91 Å². The zero-order chi connectivity index (χ0) is 20.0. The van der Waals surface area contributed by atoms with Crippen molar-refractivity contribution in [3.05, 3.63) is 83.9 Å². The first-order chi connectivity index (χ1) is 14.1. The van der Waals surface area contributed by atoms with Crippen LogP contribution < -0.4 is 0 Å². The molecule has 5 heteroatoms. The van der Waals surface area contributed by atoms with Gasteiger partial charge in [0.1, 0.15) is 11.5 Å². The zero-order valence-corrected chi connectivity index (χ0v) is 16.2. The van der Waals surface area contributed by atoms with E-state index in [2.05, 4.69) is 0 Å². The lowest BCUT2D eigenvalue weighted by molar-refractivity contribution is -0.153. The van der Waals surface area contributed by atoms with E-state index in [9.17, 15) is 9.59 Å². The molecule has 2 aromatic rings. The molecular weight excluding hydrogens is 366 g/mol. The van der Waals surface area contributed by atoms with E-state index >= 15 is 0 Å². The molecular formula is C24H23NO4. The fourth-order valence-electron chi connectivity index (χ4n) is 5.08. The molecule has 0 saturated carbocycles. The number of hydrogen-bond donors (Lipinski definition) is 0. The third-order valence-corrected chi connectivity index (χ3v) is 6.23. The Hall–Kier alpha value is -2.92. The number of hydrogen-bond acceptors (Lipinski definition) is 4. The largest absolute Gasteiger partial charge is 0.466 e. The van der Waals surface area contributed by atoms with Crippen LogP contribution in [0.15, 0.2) is 72.8 Å². The van der Waals surface area contributed by atoms with Crippen LogP contribution in [0, 0.1) is 11.8 Å². The molecule has 2 saturated heterocycles. The van der Waals surface area contributed by atoms with Crippen LogP contribution in [0.25, 0.3) is 0 Å². The van der Waals surface area contributed by atoms with Crippen LogP contribution in [-0.4, -0.2) is 41.6 Å². The number of ether oxygens (including phenoxy) is 2. The fraction of sp³-hybridized carbons (Fsp3) is 0.333. The zero-order valence-electron chi connectivity index (χ0n) is 16.2. The molecule has 2 aromatic carbocycles. The molecule has 1 spiro atoms. The summed E-state index contributed by atoms with van der Waals surface area (Å²) >= 11 is 0. The van der Waals surface area contributed by atoms with Crippen LogP contribution in [0.1, 0.15) is 24.1 Å². The quantitative estimate of drug-likeness (QED) is 0.582. The lowest BCUT2D eigenvalue weighted by Gasteiger charge is -2.31. The Kier molecular flexibility index (Phi) is 4.28. The van der Waals surface area contributed by atoms with Gasteiger partial charge in [-0.2, -0.15) is 0 Å². The molecule has 0 aromatic heterocycles. The Balaban J connectivity index is 1.55. The van der Waals surface area contributed by atoms with Crippen molar-refractivity contribution in [3.8, 4) is 0 Å². The summed E-state index contributed by atoms with van der Waals surface area (Å²) in [5.74, 6) is -1.51. The number of amides is 1. The molecule has 2 fully saturated rings. The van der Waals surface area contributed by atoms with Crippen molar-refractivity contribution in [2.24, 2.45) is 11.8 Å². The molecule has 3 aliphatic rings. The molecule has 5 rings (SSSR count). The highest BCUT2D eigenvalue weighted by molar-refractivity contribution is 5.91. The van der Waals surface area contributed by atoms with Gasteiger partial charge in [0.15, 0.2) is 0 Å². The molecule has 3 aliphatic heterocycles. The first-order valence-corrected chi connectivity index (χ1v) is 10.1. The molecule has 0 radical (unpaired) electrons. The first-order valence-electron chi connectivity index (χ1n) is 10.1. The average molecular weight is 389 g/mol. The minimum absolute atomic E-state index is 0.0485. The fourth-order valence-corrected chi connectivity index (χ4v) is 5.08. The van der Waals surface area contributed by atoms with Gasteiger partial charge < -0.3 is 14.4 Å². The van der Waals surface area contributed by atoms with Crippen molar-refractivity contribution in [2.75, 3.05) is 13.2 Å². The van der Waals surface area contributed by atoms with E-state index < -0.39 is 17.4 Å². The second-order valence-electron chi connectivity index (χ2n) is 7.84. The second kappa shape index (κ2) is 6.85. The number of benzene rings is 2. The van der Waals surface area contributed by atoms with Crippen molar-refractivity contribution in [3.63, 3.8) is 0 Å². The highest BCUT2D eigenvalue weighted by Gasteiger charge is 2.68. The second-order valence-corrected chi connectivity index (χ2v) is 7.84. The van der Waals surface area contributed by atoms with Gasteiger partial charge in [0.05, 0.1) is 31.2 Å². The van der Waals surface area contributed by atoms with Crippen LogP contribution in [0.4, 0.5) is 0 Å². The molecule has 0 unspecified atom stereocenters. The highest BCUT2D eigenvalue weighted by atomic mass is 16.6. The Morgan fingerprint density at radius 1 is 1.14 bits per heavy atom. The SMILES string of the molecule is CCOC(=O)[C@H]1[C@H]2C(=O)N(C(c3ccccc3)c3ccccc3)C[C@@]23C=C[C@H]1O3. The lowest BCUT2D eigenvalue weighted by Crippen LogP contribution is -2.40. The van der Waals surface area contributed by atoms with E-state index in [4.69, 9.17) is 9.47 Å². The molecule has 5 nitrogen and oxygen atoms in total. The van der Waals surface area contributed by atoms with Gasteiger partial charge in [-0.25, -0.2) is 0 Å². The Bertz CT molecular complexity index is 918. The van der Waals surface area contributed by atoms with Crippen molar-refractivity contribution >= 4 is 11.9 Å². The van der Waals surface area contributed by atoms with E-state index in [1.807, 2.05) is 77.7 Å². The number of carbonyl (C=O) groups is 2. The number of carbonyl (C=O) groups excluding carboxylic acids is 2. The third-order valence-electron chi connectivity index (χ3n) is 6.23. The van der Waals surface area contributed by atoms with Gasteiger partial charge in [-0.3, -0.25) is 9.59 Å². The van der Waals surface area contributed by atoms with Gasteiger partial charge >= 0.3 is 5.97 Å². The van der Waals surface area contributed by atoms with E-state index in [1.54, 1.807) is 6.92 Å². The van der Waals surface area contributed by atoms with Gasteiger partial charge in [-0.15, -0.1) is 0 Å². The summed E-state index contributed by atoms with van der Waals surface area (Å²) in [5.41, 5.74) is 1.32. The van der Waals surface area contributed by atoms with E-state index in [1.165, 1.54) is 0 Å². The number of likely N-dealkylation sites (tertiary alicyclic amines) is 1. The van der Waals surface area contributed by atoms with Crippen molar-refractivity contribution < 1.29 is 19.1 Å². The smallest absolute Gasteiger partial charge is 0.312 e. The topological polar surface area (TPSA) is 55.8 Å². The molecule has 29 heavy (non-hydrogen) atoms. The Morgan fingerprint density at radius 3 is 2.34 bits per heavy atom. The highest BCUT2D eigenvalue weighted by Crippen LogP contribution is 2.54. The van der Waals surface area contributed by atoms with Gasteiger partial charge in [0.25, 0.3) is 0 Å². The Labute approximate surface area is 169 Å². The number of fused-ring (bicyclic) bond motifs is 1. The van der Waals surface area contributed by atoms with Gasteiger partial charge in [-0.1, -0.05) is 72.8 Å². The normalized spacial score (nSPS) is 29.5. The summed E-state index contributed by atoms with van der Waals surface area (Å²) in [5, 5.41) is 0. The van der Waals surface area contributed by atoms with Crippen molar-refractivity contribution in [1.29, 1.82) is 0 Å². The van der Waals surface area contributed by atoms with Crippen LogP contribution in [0.5, 0.6) is 0 Å². The molecule has 1 amide bonds. The van der Waals surface area contributed by atoms with Crippen LogP contribution in [-0.2, 0) is 19.1 Å². The molecule has 3 heterocycles. The third kappa shape index (κ3) is 2.72. The van der Waals surface area contributed by atoms with E-state index in [0.717, 1.165) is 11.1 Å². The summed E-state index contributed by atoms with van der Waals surface area (Å²) in [4.78, 5) is 28.2. The van der Waals surface area contributed by atoms with Crippen molar-refractivity contribution in [2.45, 2.75) is 24.7 Å². The molecule has 4 atom stereocenters. The minimum atomic E-state index is -0.749. The van der Waals surface area contributed by atoms with Crippen LogP contribution >= 0.6 is 0 Å². The average Bonchev–Trinajstić information content (AvgIpc) is 3.39. The van der Waals surface area contributed by atoms with Crippen LogP contribution in [0.2, 0.25) is 0 Å². The molecule has 0 aliphatic carbocycles. The Morgan fingerprint density at radius 2 is 1.76 bits per heavy atom. The standard InChI is InChI=1S/C24H23NO4/c1-2-28-23(27)19-18-13-14-24(29-18)15-25(22(26)20(19)24)21(16-9-5-3-6-10-16)17-11-7-4-8-12-17/h3-14,18-21H,2,15H2,1H3/t18-,19-,20+,24+/m1/s1. The number of nitrogens with zero attached hydrogens (tertiary/aromatic N) is 1. The van der Waals surface area contributed by atoms with Gasteiger partial charge in [0, 0.05) is 0 Å². The summed E-state index contributed by atoms with van der Waals surface area (Å²) in [6, 6.07) is 19.8. The van der Waals surface area contributed by atoms with E-state index in [-0.39, 0.29) is 24.0 Å². The number of rotatable bonds is 5. The minimum Gasteiger partial charge on any atom is -0.466 e. The van der Waals surface area contributed by atoms with Crippen molar-refractivity contribution in [1.82, 2.24) is 4.90 Å². The summed E-state index contributed by atoms with van der Waals surface area (Å²) in [6.07, 6.45) is 3.51. The molecule has 148 valence electrons. The lowest BCUT2D eigenvalue weighted by atomic mass is 9.77. The maximum atomic E-state index is 13.7. The summed E-state index contributed by atoms with van der Waals surface area (Å²) in [7, 11) is 0. The molecule has 2 bridgehead atoms. The maximum Gasteiger partial charge on any atom is 0.312 e. The summed E-state index contributed by atoms with van der Waals surface area (Å²) in [6.45, 7) is 2.50. The summed E-state index contributed by atoms with van der Waals surface area (Å²) < 4.78 is 11.5. The van der Waals surface area contributed by atoms with Gasteiger partial charge in [-0.05, 0) is 18.1 Å². The first kappa shape index (κ1) is 18.1. The number of esters is 1. The predicted molar refractivity (Wildman–Crippen MR) is 107 cm³/mol. The molecule has 0 N–H and O–H groups in total. The van der Waals surface area contributed by atoms with Crippen LogP contribution in [0.3, 0.4) is 0 Å².